The molecule has 2 heteroatoms. The van der Waals surface area contributed by atoms with Gasteiger partial charge in [-0.15, -0.1) is 0 Å². The van der Waals surface area contributed by atoms with E-state index in [9.17, 15) is 0 Å². The lowest BCUT2D eigenvalue weighted by Gasteiger charge is -2.10. The van der Waals surface area contributed by atoms with Crippen molar-refractivity contribution < 1.29 is 4.74 Å². The molecular weight excluding hydrogens is 162 g/mol. The molecule has 0 saturated heterocycles. The topological polar surface area (TPSA) is 12.5 Å². The summed E-state index contributed by atoms with van der Waals surface area (Å²) < 4.78 is 5.48. The molecule has 0 unspecified atom stereocenters. The molecular formula is C11H15NO. The van der Waals surface area contributed by atoms with Gasteiger partial charge in [0.2, 0.25) is 0 Å². The van der Waals surface area contributed by atoms with E-state index in [0.29, 0.717) is 6.61 Å². The van der Waals surface area contributed by atoms with Gasteiger partial charge in [-0.25, -0.2) is 0 Å². The van der Waals surface area contributed by atoms with Crippen molar-refractivity contribution in [1.82, 2.24) is 4.90 Å². The molecule has 0 heterocycles. The molecule has 0 N–H and O–H groups in total. The minimum atomic E-state index is 0.691. The first kappa shape index (κ1) is 10.1. The van der Waals surface area contributed by atoms with Crippen molar-refractivity contribution in [2.24, 2.45) is 0 Å². The second kappa shape index (κ2) is 4.87. The number of hydrogen-bond donors (Lipinski definition) is 0. The Balaban J connectivity index is 2.37. The minimum absolute atomic E-state index is 0.691. The molecule has 2 nitrogen and oxygen atoms in total. The first-order valence-corrected chi connectivity index (χ1v) is 4.31. The minimum Gasteiger partial charge on any atom is -0.492 e. The molecule has 0 atom stereocenters. The van der Waals surface area contributed by atoms with Gasteiger partial charge in [-0.2, -0.15) is 0 Å². The van der Waals surface area contributed by atoms with Crippen LogP contribution in [0, 0.1) is 6.92 Å². The molecule has 0 saturated carbocycles. The van der Waals surface area contributed by atoms with Crippen LogP contribution in [-0.2, 0) is 0 Å². The number of hydrogen-bond acceptors (Lipinski definition) is 2. The fraction of sp³-hybridized carbons (Fsp3) is 0.364. The molecule has 13 heavy (non-hydrogen) atoms. The van der Waals surface area contributed by atoms with Crippen LogP contribution in [0.5, 0.6) is 5.75 Å². The molecule has 0 spiro atoms. The van der Waals surface area contributed by atoms with Crippen molar-refractivity contribution in [3.8, 4) is 5.75 Å². The number of ether oxygens (including phenoxy) is 1. The predicted octanol–water partition coefficient (Wildman–Crippen LogP) is 1.69. The van der Waals surface area contributed by atoms with E-state index >= 15 is 0 Å². The van der Waals surface area contributed by atoms with Crippen LogP contribution in [0.1, 0.15) is 5.56 Å². The van der Waals surface area contributed by atoms with Gasteiger partial charge >= 0.3 is 0 Å². The second-order valence-corrected chi connectivity index (χ2v) is 3.22. The van der Waals surface area contributed by atoms with Crippen molar-refractivity contribution in [1.29, 1.82) is 0 Å². The van der Waals surface area contributed by atoms with Crippen LogP contribution in [-0.4, -0.2) is 32.1 Å². The van der Waals surface area contributed by atoms with E-state index in [2.05, 4.69) is 4.90 Å². The Labute approximate surface area is 80.1 Å². The molecule has 0 fully saturated rings. The average molecular weight is 177 g/mol. The highest BCUT2D eigenvalue weighted by Crippen LogP contribution is 2.11. The Morgan fingerprint density at radius 2 is 2.15 bits per heavy atom. The largest absolute Gasteiger partial charge is 0.492 e. The van der Waals surface area contributed by atoms with Gasteiger partial charge in [-0.1, -0.05) is 12.1 Å². The molecule has 0 aliphatic carbocycles. The van der Waals surface area contributed by atoms with Gasteiger partial charge in [0.1, 0.15) is 12.4 Å². The smallest absolute Gasteiger partial charge is 0.119 e. The molecule has 2 radical (unpaired) electrons. The fourth-order valence-corrected chi connectivity index (χ4v) is 0.950. The molecule has 1 aromatic carbocycles. The van der Waals surface area contributed by atoms with Gasteiger partial charge in [-0.3, -0.25) is 0 Å². The maximum Gasteiger partial charge on any atom is 0.119 e. The summed E-state index contributed by atoms with van der Waals surface area (Å²) >= 11 is 0. The molecule has 0 aromatic heterocycles. The third kappa shape index (κ3) is 3.95. The maximum atomic E-state index is 5.60. The van der Waals surface area contributed by atoms with E-state index in [-0.39, 0.29) is 0 Å². The monoisotopic (exact) mass is 177 g/mol. The van der Waals surface area contributed by atoms with Crippen molar-refractivity contribution >= 4 is 0 Å². The Kier molecular flexibility index (Phi) is 3.77. The van der Waals surface area contributed by atoms with Crippen LogP contribution >= 0.6 is 0 Å². The summed E-state index contributed by atoms with van der Waals surface area (Å²) in [6.45, 7) is 7.20. The molecule has 0 aliphatic heterocycles. The van der Waals surface area contributed by atoms with Gasteiger partial charge in [0.05, 0.1) is 0 Å². The van der Waals surface area contributed by atoms with E-state index in [4.69, 9.17) is 11.7 Å². The number of likely N-dealkylation sites (N-methyl/N-ethyl adjacent to an activating group) is 1. The van der Waals surface area contributed by atoms with Gasteiger partial charge in [-0.05, 0) is 38.7 Å². The SMILES string of the molecule is [CH]c1cccc(OCCN(C)C)c1. The van der Waals surface area contributed by atoms with E-state index in [0.717, 1.165) is 17.9 Å². The zero-order valence-corrected chi connectivity index (χ0v) is 8.16. The van der Waals surface area contributed by atoms with Crippen LogP contribution in [0.3, 0.4) is 0 Å². The molecule has 0 aliphatic rings. The molecule has 70 valence electrons. The van der Waals surface area contributed by atoms with Crippen LogP contribution in [0.2, 0.25) is 0 Å². The summed E-state index contributed by atoms with van der Waals surface area (Å²) in [4.78, 5) is 2.08. The Hall–Kier alpha value is -1.02. The van der Waals surface area contributed by atoms with Gasteiger partial charge < -0.3 is 9.64 Å². The zero-order chi connectivity index (χ0) is 9.68. The van der Waals surface area contributed by atoms with Gasteiger partial charge in [0, 0.05) is 6.54 Å². The molecule has 1 rings (SSSR count). The third-order valence-electron chi connectivity index (χ3n) is 1.67. The quantitative estimate of drug-likeness (QED) is 0.694. The predicted molar refractivity (Wildman–Crippen MR) is 53.9 cm³/mol. The van der Waals surface area contributed by atoms with Crippen molar-refractivity contribution in [3.63, 3.8) is 0 Å². The van der Waals surface area contributed by atoms with E-state index in [1.807, 2.05) is 38.4 Å². The van der Waals surface area contributed by atoms with Crippen LogP contribution in [0.25, 0.3) is 0 Å². The average Bonchev–Trinajstić information content (AvgIpc) is 2.03. The van der Waals surface area contributed by atoms with E-state index < -0.39 is 0 Å². The Morgan fingerprint density at radius 1 is 1.38 bits per heavy atom. The normalized spacial score (nSPS) is 10.5. The maximum absolute atomic E-state index is 5.60. The summed E-state index contributed by atoms with van der Waals surface area (Å²) in [6.07, 6.45) is 0. The number of rotatable bonds is 4. The lowest BCUT2D eigenvalue weighted by Crippen LogP contribution is -2.19. The molecule has 1 aromatic rings. The highest BCUT2D eigenvalue weighted by molar-refractivity contribution is 5.29. The van der Waals surface area contributed by atoms with Crippen molar-refractivity contribution in [2.45, 2.75) is 0 Å². The highest BCUT2D eigenvalue weighted by atomic mass is 16.5. The van der Waals surface area contributed by atoms with E-state index in [1.54, 1.807) is 0 Å². The zero-order valence-electron chi connectivity index (χ0n) is 8.16. The van der Waals surface area contributed by atoms with Crippen molar-refractivity contribution in [2.75, 3.05) is 27.2 Å². The number of benzene rings is 1. The standard InChI is InChI=1S/C11H15NO/c1-10-5-4-6-11(9-10)13-8-7-12(2)3/h1,4-6,9H,7-8H2,2-3H3. The third-order valence-corrected chi connectivity index (χ3v) is 1.67. The lowest BCUT2D eigenvalue weighted by molar-refractivity contribution is 0.261. The fourth-order valence-electron chi connectivity index (χ4n) is 0.950. The van der Waals surface area contributed by atoms with Gasteiger partial charge in [0.15, 0.2) is 0 Å². The van der Waals surface area contributed by atoms with Crippen LogP contribution in [0.4, 0.5) is 0 Å². The second-order valence-electron chi connectivity index (χ2n) is 3.22. The van der Waals surface area contributed by atoms with Crippen molar-refractivity contribution in [3.05, 3.63) is 36.8 Å². The molecule has 0 bridgehead atoms. The Morgan fingerprint density at radius 3 is 2.77 bits per heavy atom. The Bertz CT molecular complexity index is 258. The number of nitrogens with zero attached hydrogens (tertiary/aromatic N) is 1. The highest BCUT2D eigenvalue weighted by Gasteiger charge is 1.94. The van der Waals surface area contributed by atoms with E-state index in [1.165, 1.54) is 0 Å². The first-order valence-electron chi connectivity index (χ1n) is 4.31. The summed E-state index contributed by atoms with van der Waals surface area (Å²) in [7, 11) is 4.03. The summed E-state index contributed by atoms with van der Waals surface area (Å²) in [5.74, 6) is 0.835. The summed E-state index contributed by atoms with van der Waals surface area (Å²) in [5.41, 5.74) is 0.738. The summed E-state index contributed by atoms with van der Waals surface area (Å²) in [6, 6.07) is 7.47. The summed E-state index contributed by atoms with van der Waals surface area (Å²) in [5, 5.41) is 0. The lowest BCUT2D eigenvalue weighted by atomic mass is 10.2. The molecule has 0 amide bonds. The van der Waals surface area contributed by atoms with Gasteiger partial charge in [0.25, 0.3) is 0 Å². The first-order chi connectivity index (χ1) is 6.18. The van der Waals surface area contributed by atoms with Crippen LogP contribution < -0.4 is 4.74 Å². The van der Waals surface area contributed by atoms with Crippen LogP contribution in [0.15, 0.2) is 24.3 Å².